The number of nitrogens with zero attached hydrogens (tertiary/aromatic N) is 3. The summed E-state index contributed by atoms with van der Waals surface area (Å²) in [6.45, 7) is 3.80. The summed E-state index contributed by atoms with van der Waals surface area (Å²) in [5.74, 6) is 0.945. The molecule has 0 saturated carbocycles. The van der Waals surface area contributed by atoms with Gasteiger partial charge in [0.05, 0.1) is 18.6 Å². The minimum absolute atomic E-state index is 0.0959. The van der Waals surface area contributed by atoms with E-state index in [4.69, 9.17) is 26.3 Å². The van der Waals surface area contributed by atoms with E-state index in [0.717, 1.165) is 59.3 Å². The number of aliphatic imine (C=N–C) groups is 2. The van der Waals surface area contributed by atoms with E-state index in [1.165, 1.54) is 11.8 Å². The zero-order valence-corrected chi connectivity index (χ0v) is 20.1. The number of ether oxygens (including phenoxy) is 1. The van der Waals surface area contributed by atoms with Gasteiger partial charge in [-0.25, -0.2) is 4.99 Å². The van der Waals surface area contributed by atoms with Gasteiger partial charge in [0.15, 0.2) is 5.66 Å². The van der Waals surface area contributed by atoms with Crippen molar-refractivity contribution in [2.24, 2.45) is 9.98 Å². The van der Waals surface area contributed by atoms with Crippen molar-refractivity contribution >= 4 is 45.7 Å². The van der Waals surface area contributed by atoms with E-state index in [0.29, 0.717) is 5.02 Å². The molecule has 0 unspecified atom stereocenters. The first-order chi connectivity index (χ1) is 15.4. The second-order valence-corrected chi connectivity index (χ2v) is 9.51. The number of likely N-dealkylation sites (tertiary alicyclic amines) is 1. The summed E-state index contributed by atoms with van der Waals surface area (Å²) in [7, 11) is 3.77. The average molecular weight is 471 g/mol. The lowest BCUT2D eigenvalue weighted by Crippen LogP contribution is -2.39. The molecular weight excluding hydrogens is 444 g/mol. The van der Waals surface area contributed by atoms with Gasteiger partial charge >= 0.3 is 0 Å². The first-order valence-corrected chi connectivity index (χ1v) is 12.0. The molecule has 2 aliphatic heterocycles. The molecule has 2 aromatic carbocycles. The zero-order chi connectivity index (χ0) is 22.7. The number of carbonyl (C=O) groups excluding carboxylic acids is 1. The van der Waals surface area contributed by atoms with Crippen LogP contribution in [0.3, 0.4) is 0 Å². The highest BCUT2D eigenvalue weighted by Crippen LogP contribution is 2.35. The molecule has 8 heteroatoms. The third-order valence-electron chi connectivity index (χ3n) is 5.87. The molecule has 0 aromatic heterocycles. The Balaban J connectivity index is 1.52. The maximum Gasteiger partial charge on any atom is 0.234 e. The van der Waals surface area contributed by atoms with Gasteiger partial charge in [-0.3, -0.25) is 9.79 Å². The molecule has 1 fully saturated rings. The molecule has 0 aliphatic carbocycles. The second-order valence-electron chi connectivity index (χ2n) is 8.14. The van der Waals surface area contributed by atoms with Gasteiger partial charge in [-0.1, -0.05) is 29.4 Å². The van der Waals surface area contributed by atoms with Gasteiger partial charge in [0.25, 0.3) is 0 Å². The topological polar surface area (TPSA) is 66.3 Å². The van der Waals surface area contributed by atoms with Crippen molar-refractivity contribution in [3.63, 3.8) is 0 Å². The Kier molecular flexibility index (Phi) is 6.88. The maximum atomic E-state index is 12.7. The fourth-order valence-corrected chi connectivity index (χ4v) is 4.87. The summed E-state index contributed by atoms with van der Waals surface area (Å²) >= 11 is 7.61. The van der Waals surface area contributed by atoms with Crippen molar-refractivity contribution < 1.29 is 9.53 Å². The van der Waals surface area contributed by atoms with E-state index >= 15 is 0 Å². The second kappa shape index (κ2) is 9.65. The van der Waals surface area contributed by atoms with Crippen LogP contribution >= 0.6 is 23.4 Å². The molecule has 32 heavy (non-hydrogen) atoms. The largest absolute Gasteiger partial charge is 0.497 e. The van der Waals surface area contributed by atoms with Crippen molar-refractivity contribution in [2.45, 2.75) is 25.4 Å². The average Bonchev–Trinajstić information content (AvgIpc) is 3.16. The minimum atomic E-state index is -0.426. The molecule has 168 valence electrons. The Morgan fingerprint density at radius 1 is 1.19 bits per heavy atom. The summed E-state index contributed by atoms with van der Waals surface area (Å²) in [6.07, 6.45) is 1.75. The van der Waals surface area contributed by atoms with Crippen LogP contribution in [-0.4, -0.2) is 60.2 Å². The fourth-order valence-electron chi connectivity index (χ4n) is 3.82. The van der Waals surface area contributed by atoms with E-state index in [2.05, 4.69) is 17.3 Å². The monoisotopic (exact) mass is 470 g/mol. The Morgan fingerprint density at radius 2 is 1.91 bits per heavy atom. The van der Waals surface area contributed by atoms with Crippen LogP contribution in [0, 0.1) is 6.92 Å². The first kappa shape index (κ1) is 22.8. The van der Waals surface area contributed by atoms with E-state index in [1.54, 1.807) is 7.11 Å². The number of piperidine rings is 1. The van der Waals surface area contributed by atoms with Crippen molar-refractivity contribution in [3.05, 3.63) is 58.6 Å². The summed E-state index contributed by atoms with van der Waals surface area (Å²) in [5, 5.41) is 4.41. The molecule has 2 aliphatic rings. The quantitative estimate of drug-likeness (QED) is 0.690. The van der Waals surface area contributed by atoms with Crippen molar-refractivity contribution in [3.8, 4) is 5.75 Å². The molecule has 2 heterocycles. The summed E-state index contributed by atoms with van der Waals surface area (Å²) in [6, 6.07) is 13.3. The number of anilines is 1. The van der Waals surface area contributed by atoms with Crippen LogP contribution in [0.4, 0.5) is 5.69 Å². The Labute approximate surface area is 198 Å². The van der Waals surface area contributed by atoms with Crippen molar-refractivity contribution in [2.75, 3.05) is 38.3 Å². The van der Waals surface area contributed by atoms with Crippen molar-refractivity contribution in [1.29, 1.82) is 0 Å². The van der Waals surface area contributed by atoms with Crippen LogP contribution in [0.15, 0.2) is 52.4 Å². The number of methoxy groups -OCH3 is 1. The van der Waals surface area contributed by atoms with Crippen LogP contribution in [0.25, 0.3) is 0 Å². The molecule has 1 amide bonds. The standard InChI is InChI=1S/C24H27ClN4O2S/c1-16-19(25)5-4-6-20(16)26-21(30)15-32-23-22(17-7-9-18(31-3)10-8-17)27-24(28-23)11-13-29(2)14-12-24/h4-10H,11-15H2,1-3H3,(H,26,30). The lowest BCUT2D eigenvalue weighted by Gasteiger charge is -2.33. The highest BCUT2D eigenvalue weighted by atomic mass is 35.5. The van der Waals surface area contributed by atoms with Crippen LogP contribution in [0.1, 0.15) is 24.0 Å². The normalized spacial score (nSPS) is 17.8. The smallest absolute Gasteiger partial charge is 0.234 e. The summed E-state index contributed by atoms with van der Waals surface area (Å²) < 4.78 is 5.29. The highest BCUT2D eigenvalue weighted by Gasteiger charge is 2.39. The fraction of sp³-hybridized carbons (Fsp3) is 0.375. The van der Waals surface area contributed by atoms with Gasteiger partial charge in [0.2, 0.25) is 5.91 Å². The number of amides is 1. The molecule has 0 atom stereocenters. The minimum Gasteiger partial charge on any atom is -0.497 e. The third kappa shape index (κ3) is 5.00. The summed E-state index contributed by atoms with van der Waals surface area (Å²) in [4.78, 5) is 25.1. The third-order valence-corrected chi connectivity index (χ3v) is 7.24. The number of hydrogen-bond acceptors (Lipinski definition) is 6. The predicted molar refractivity (Wildman–Crippen MR) is 134 cm³/mol. The number of carbonyl (C=O) groups is 1. The Hall–Kier alpha value is -2.35. The maximum absolute atomic E-state index is 12.7. The lowest BCUT2D eigenvalue weighted by molar-refractivity contribution is -0.113. The van der Waals surface area contributed by atoms with E-state index in [9.17, 15) is 4.79 Å². The number of thioether (sulfide) groups is 1. The number of nitrogens with one attached hydrogen (secondary N) is 1. The number of halogens is 1. The SMILES string of the molecule is COc1ccc(C2=NC3(CCN(C)CC3)N=C2SCC(=O)Nc2cccc(Cl)c2C)cc1. The van der Waals surface area contributed by atoms with Gasteiger partial charge < -0.3 is 15.0 Å². The number of benzene rings is 2. The molecule has 0 bridgehead atoms. The molecule has 4 rings (SSSR count). The molecule has 6 nitrogen and oxygen atoms in total. The Morgan fingerprint density at radius 3 is 2.59 bits per heavy atom. The van der Waals surface area contributed by atoms with Gasteiger partial charge in [-0.2, -0.15) is 0 Å². The van der Waals surface area contributed by atoms with Crippen LogP contribution in [0.5, 0.6) is 5.75 Å². The van der Waals surface area contributed by atoms with E-state index < -0.39 is 5.66 Å². The number of rotatable bonds is 5. The number of hydrogen-bond donors (Lipinski definition) is 1. The predicted octanol–water partition coefficient (Wildman–Crippen LogP) is 4.65. The van der Waals surface area contributed by atoms with Gasteiger partial charge in [0.1, 0.15) is 10.8 Å². The van der Waals surface area contributed by atoms with E-state index in [-0.39, 0.29) is 11.7 Å². The molecule has 0 radical (unpaired) electrons. The van der Waals surface area contributed by atoms with Crippen LogP contribution in [0.2, 0.25) is 5.02 Å². The molecule has 1 spiro atoms. The van der Waals surface area contributed by atoms with Crippen molar-refractivity contribution in [1.82, 2.24) is 4.90 Å². The van der Waals surface area contributed by atoms with Gasteiger partial charge in [-0.05, 0) is 55.9 Å². The molecule has 1 saturated heterocycles. The highest BCUT2D eigenvalue weighted by molar-refractivity contribution is 8.16. The molecular formula is C24H27ClN4O2S. The summed E-state index contributed by atoms with van der Waals surface area (Å²) in [5.41, 5.74) is 3.00. The van der Waals surface area contributed by atoms with Gasteiger partial charge in [-0.15, -0.1) is 0 Å². The zero-order valence-electron chi connectivity index (χ0n) is 18.5. The van der Waals surface area contributed by atoms with Gasteiger partial charge in [0, 0.05) is 42.2 Å². The van der Waals surface area contributed by atoms with Crippen LogP contribution < -0.4 is 10.1 Å². The lowest BCUT2D eigenvalue weighted by atomic mass is 9.99. The van der Waals surface area contributed by atoms with E-state index in [1.807, 2.05) is 49.4 Å². The molecule has 2 aromatic rings. The molecule has 1 N–H and O–H groups in total. The van der Waals surface area contributed by atoms with Crippen LogP contribution in [-0.2, 0) is 4.79 Å². The Bertz CT molecular complexity index is 1060. The first-order valence-electron chi connectivity index (χ1n) is 10.6.